The molecule has 3 aromatic carbocycles. The van der Waals surface area contributed by atoms with Gasteiger partial charge in [-0.3, -0.25) is 4.79 Å². The number of carbonyl (C=O) groups excluding carboxylic acids is 1. The van der Waals surface area contributed by atoms with Crippen LogP contribution in [-0.4, -0.2) is 30.8 Å². The Balaban J connectivity index is 1.54. The lowest BCUT2D eigenvalue weighted by Crippen LogP contribution is -2.41. The minimum absolute atomic E-state index is 0.0638. The highest BCUT2D eigenvalue weighted by Crippen LogP contribution is 2.26. The van der Waals surface area contributed by atoms with Crippen molar-refractivity contribution < 1.29 is 23.4 Å². The molecule has 0 aliphatic rings. The molecule has 0 aliphatic heterocycles. The average Bonchev–Trinajstić information content (AvgIpc) is 3.41. The van der Waals surface area contributed by atoms with Gasteiger partial charge in [0, 0.05) is 24.7 Å². The van der Waals surface area contributed by atoms with E-state index in [0.717, 1.165) is 40.5 Å². The molecule has 0 fully saturated rings. The Morgan fingerprint density at radius 3 is 2.51 bits per heavy atom. The second-order valence-corrected chi connectivity index (χ2v) is 9.58. The first-order valence-electron chi connectivity index (χ1n) is 11.7. The van der Waals surface area contributed by atoms with Crippen LogP contribution in [0.15, 0.2) is 77.5 Å². The number of benzene rings is 3. The van der Waals surface area contributed by atoms with Crippen LogP contribution >= 0.6 is 11.3 Å². The third-order valence-corrected chi connectivity index (χ3v) is 6.61. The molecule has 0 aliphatic carbocycles. The Hall–Kier alpha value is -3.59. The highest BCUT2D eigenvalue weighted by Gasteiger charge is 2.25. The molecule has 1 aromatic heterocycles. The van der Waals surface area contributed by atoms with Crippen molar-refractivity contribution in [1.29, 1.82) is 0 Å². The van der Waals surface area contributed by atoms with Gasteiger partial charge in [0.05, 0.1) is 19.3 Å². The van der Waals surface area contributed by atoms with E-state index in [1.165, 1.54) is 0 Å². The summed E-state index contributed by atoms with van der Waals surface area (Å²) in [6.45, 7) is 2.38. The van der Waals surface area contributed by atoms with E-state index in [0.29, 0.717) is 17.9 Å². The molecule has 0 spiro atoms. The fraction of sp³-hybridized carbons (Fsp3) is 0.207. The van der Waals surface area contributed by atoms with Crippen molar-refractivity contribution >= 4 is 17.2 Å². The van der Waals surface area contributed by atoms with Crippen LogP contribution in [0.5, 0.6) is 5.75 Å². The lowest BCUT2D eigenvalue weighted by Gasteiger charge is -2.25. The summed E-state index contributed by atoms with van der Waals surface area (Å²) in [5.41, 5.74) is 4.23. The maximum absolute atomic E-state index is 14.1. The van der Waals surface area contributed by atoms with Gasteiger partial charge in [0.25, 0.3) is 5.91 Å². The molecule has 0 bridgehead atoms. The first kappa shape index (κ1) is 26.5. The topological polar surface area (TPSA) is 70.6 Å². The fourth-order valence-electron chi connectivity index (χ4n) is 4.16. The largest absolute Gasteiger partial charge is 0.497 e. The number of halogens is 2. The van der Waals surface area contributed by atoms with Crippen molar-refractivity contribution in [2.24, 2.45) is 0 Å². The van der Waals surface area contributed by atoms with Crippen LogP contribution < -0.4 is 15.4 Å². The van der Waals surface area contributed by atoms with E-state index in [2.05, 4.69) is 10.6 Å². The van der Waals surface area contributed by atoms with E-state index in [4.69, 9.17) is 4.74 Å². The van der Waals surface area contributed by atoms with E-state index in [-0.39, 0.29) is 12.1 Å². The number of ether oxygens (including phenoxy) is 1. The van der Waals surface area contributed by atoms with Gasteiger partial charge in [0.2, 0.25) is 0 Å². The molecule has 0 saturated carbocycles. The lowest BCUT2D eigenvalue weighted by molar-refractivity contribution is 0.0828. The molecule has 5 nitrogen and oxygen atoms in total. The van der Waals surface area contributed by atoms with Gasteiger partial charge >= 0.3 is 0 Å². The Bertz CT molecular complexity index is 1340. The lowest BCUT2D eigenvalue weighted by atomic mass is 9.98. The summed E-state index contributed by atoms with van der Waals surface area (Å²) in [5, 5.41) is 20.9. The normalized spacial score (nSPS) is 12.7. The van der Waals surface area contributed by atoms with Crippen LogP contribution in [0.25, 0.3) is 11.1 Å². The molecule has 4 rings (SSSR count). The summed E-state index contributed by atoms with van der Waals surface area (Å²) in [4.78, 5) is 13.3. The van der Waals surface area contributed by atoms with Crippen LogP contribution in [0.3, 0.4) is 0 Å². The third kappa shape index (κ3) is 7.01. The zero-order valence-corrected chi connectivity index (χ0v) is 21.3. The SMILES string of the molecule is COc1cccc(CNC[C@@H](O)[C@@H](NC(=O)c2cc(C)cc(-c3ccsc3)c2)c2cc(F)cc(F)c2)c1. The standard InChI is InChI=1S/C29H28F2N2O3S/c1-18-8-21(20-6-7-37-17-20)11-23(9-18)29(35)33-28(22-12-24(30)14-25(31)13-22)27(34)16-32-15-19-4-3-5-26(10-19)36-2/h3-14,17,27-28,32,34H,15-16H2,1-2H3,(H,33,35)/t27-,28+/m1/s1. The Labute approximate surface area is 218 Å². The number of amides is 1. The Morgan fingerprint density at radius 1 is 1.03 bits per heavy atom. The van der Waals surface area contributed by atoms with Gasteiger partial charge in [-0.1, -0.05) is 18.2 Å². The van der Waals surface area contributed by atoms with Crippen molar-refractivity contribution in [2.45, 2.75) is 25.6 Å². The molecule has 192 valence electrons. The molecule has 8 heteroatoms. The maximum atomic E-state index is 14.1. The number of hydrogen-bond donors (Lipinski definition) is 3. The predicted molar refractivity (Wildman–Crippen MR) is 142 cm³/mol. The molecule has 3 N–H and O–H groups in total. The number of hydrogen-bond acceptors (Lipinski definition) is 5. The quantitative estimate of drug-likeness (QED) is 0.252. The van der Waals surface area contributed by atoms with Crippen molar-refractivity contribution in [3.8, 4) is 16.9 Å². The van der Waals surface area contributed by atoms with Crippen LogP contribution in [0.1, 0.15) is 33.1 Å². The summed E-state index contributed by atoms with van der Waals surface area (Å²) in [5.74, 6) is -1.33. The Kier molecular flexibility index (Phi) is 8.66. The van der Waals surface area contributed by atoms with Crippen LogP contribution in [0.4, 0.5) is 8.78 Å². The van der Waals surface area contributed by atoms with Crippen LogP contribution in [0, 0.1) is 18.6 Å². The zero-order chi connectivity index (χ0) is 26.4. The van der Waals surface area contributed by atoms with Crippen molar-refractivity contribution in [3.63, 3.8) is 0 Å². The molecular formula is C29H28F2N2O3S. The fourth-order valence-corrected chi connectivity index (χ4v) is 4.82. The van der Waals surface area contributed by atoms with Gasteiger partial charge in [-0.25, -0.2) is 8.78 Å². The smallest absolute Gasteiger partial charge is 0.251 e. The number of methoxy groups -OCH3 is 1. The molecule has 1 amide bonds. The first-order valence-corrected chi connectivity index (χ1v) is 12.7. The van der Waals surface area contributed by atoms with E-state index in [9.17, 15) is 18.7 Å². The second-order valence-electron chi connectivity index (χ2n) is 8.80. The molecule has 4 aromatic rings. The highest BCUT2D eigenvalue weighted by atomic mass is 32.1. The summed E-state index contributed by atoms with van der Waals surface area (Å²) in [7, 11) is 1.58. The van der Waals surface area contributed by atoms with E-state index < -0.39 is 29.7 Å². The van der Waals surface area contributed by atoms with E-state index in [1.807, 2.05) is 54.1 Å². The molecular weight excluding hydrogens is 494 g/mol. The van der Waals surface area contributed by atoms with Crippen LogP contribution in [0.2, 0.25) is 0 Å². The van der Waals surface area contributed by atoms with E-state index in [1.54, 1.807) is 30.6 Å². The van der Waals surface area contributed by atoms with Gasteiger partial charge in [-0.05, 0) is 88.0 Å². The summed E-state index contributed by atoms with van der Waals surface area (Å²) in [6, 6.07) is 16.8. The minimum Gasteiger partial charge on any atom is -0.497 e. The number of aryl methyl sites for hydroxylation is 1. The zero-order valence-electron chi connectivity index (χ0n) is 20.5. The highest BCUT2D eigenvalue weighted by molar-refractivity contribution is 7.08. The summed E-state index contributed by atoms with van der Waals surface area (Å²) < 4.78 is 33.3. The second kappa shape index (κ2) is 12.1. The number of aliphatic hydroxyl groups excluding tert-OH is 1. The molecule has 0 saturated heterocycles. The third-order valence-electron chi connectivity index (χ3n) is 5.93. The number of carbonyl (C=O) groups is 1. The number of rotatable bonds is 10. The van der Waals surface area contributed by atoms with Gasteiger partial charge < -0.3 is 20.5 Å². The predicted octanol–water partition coefficient (Wildman–Crippen LogP) is 5.63. The van der Waals surface area contributed by atoms with Gasteiger partial charge in [0.1, 0.15) is 17.4 Å². The van der Waals surface area contributed by atoms with Crippen molar-refractivity contribution in [2.75, 3.05) is 13.7 Å². The molecule has 37 heavy (non-hydrogen) atoms. The molecule has 1 heterocycles. The summed E-state index contributed by atoms with van der Waals surface area (Å²) in [6.07, 6.45) is -1.17. The molecule has 0 unspecified atom stereocenters. The summed E-state index contributed by atoms with van der Waals surface area (Å²) >= 11 is 1.56. The van der Waals surface area contributed by atoms with Crippen molar-refractivity contribution in [3.05, 3.63) is 111 Å². The minimum atomic E-state index is -1.17. The van der Waals surface area contributed by atoms with E-state index >= 15 is 0 Å². The number of aliphatic hydroxyl groups is 1. The van der Waals surface area contributed by atoms with Gasteiger partial charge in [0.15, 0.2) is 0 Å². The van der Waals surface area contributed by atoms with Crippen molar-refractivity contribution in [1.82, 2.24) is 10.6 Å². The Morgan fingerprint density at radius 2 is 1.81 bits per heavy atom. The number of nitrogens with one attached hydrogen (secondary N) is 2. The van der Waals surface area contributed by atoms with Gasteiger partial charge in [-0.15, -0.1) is 0 Å². The number of thiophene rings is 1. The van der Waals surface area contributed by atoms with Gasteiger partial charge in [-0.2, -0.15) is 11.3 Å². The molecule has 0 radical (unpaired) electrons. The van der Waals surface area contributed by atoms with Crippen LogP contribution in [-0.2, 0) is 6.54 Å². The maximum Gasteiger partial charge on any atom is 0.251 e. The molecule has 2 atom stereocenters. The average molecular weight is 523 g/mol. The first-order chi connectivity index (χ1) is 17.8. The monoisotopic (exact) mass is 522 g/mol.